The fourth-order valence-electron chi connectivity index (χ4n) is 2.30. The molecule has 1 heterocycles. The van der Waals surface area contributed by atoms with Crippen LogP contribution in [0.1, 0.15) is 18.4 Å². The van der Waals surface area contributed by atoms with Gasteiger partial charge in [0.05, 0.1) is 6.54 Å². The highest BCUT2D eigenvalue weighted by atomic mass is 35.5. The highest BCUT2D eigenvalue weighted by Crippen LogP contribution is 2.18. The van der Waals surface area contributed by atoms with E-state index < -0.39 is 6.10 Å². The van der Waals surface area contributed by atoms with Crippen LogP contribution in [0.25, 0.3) is 11.4 Å². The predicted molar refractivity (Wildman–Crippen MR) is 97.9 cm³/mol. The lowest BCUT2D eigenvalue weighted by Gasteiger charge is -2.14. The number of amides is 1. The second-order valence-corrected chi connectivity index (χ2v) is 6.25. The van der Waals surface area contributed by atoms with E-state index in [0.717, 1.165) is 11.1 Å². The van der Waals surface area contributed by atoms with Crippen LogP contribution in [0.2, 0.25) is 5.02 Å². The zero-order valence-electron chi connectivity index (χ0n) is 14.4. The maximum atomic E-state index is 12.2. The van der Waals surface area contributed by atoms with Gasteiger partial charge < -0.3 is 14.6 Å². The van der Waals surface area contributed by atoms with E-state index in [1.807, 2.05) is 31.2 Å². The van der Waals surface area contributed by atoms with Crippen LogP contribution in [0.5, 0.6) is 5.75 Å². The van der Waals surface area contributed by atoms with Crippen molar-refractivity contribution in [3.05, 3.63) is 65.0 Å². The molecule has 1 atom stereocenters. The summed E-state index contributed by atoms with van der Waals surface area (Å²) in [7, 11) is 0. The topological polar surface area (TPSA) is 77.2 Å². The Morgan fingerprint density at radius 3 is 2.77 bits per heavy atom. The molecule has 2 aromatic carbocycles. The first-order valence-corrected chi connectivity index (χ1v) is 8.48. The van der Waals surface area contributed by atoms with Crippen molar-refractivity contribution in [2.45, 2.75) is 26.5 Å². The lowest BCUT2D eigenvalue weighted by molar-refractivity contribution is -0.127. The van der Waals surface area contributed by atoms with E-state index in [9.17, 15) is 4.79 Å². The van der Waals surface area contributed by atoms with Gasteiger partial charge in [0.15, 0.2) is 6.10 Å². The van der Waals surface area contributed by atoms with E-state index in [4.69, 9.17) is 20.9 Å². The van der Waals surface area contributed by atoms with Crippen molar-refractivity contribution in [1.82, 2.24) is 15.5 Å². The maximum absolute atomic E-state index is 12.2. The Morgan fingerprint density at radius 2 is 2.04 bits per heavy atom. The Labute approximate surface area is 156 Å². The zero-order chi connectivity index (χ0) is 18.5. The number of hydrogen-bond donors (Lipinski definition) is 1. The first-order chi connectivity index (χ1) is 12.5. The molecule has 3 rings (SSSR count). The van der Waals surface area contributed by atoms with Gasteiger partial charge in [-0.2, -0.15) is 4.98 Å². The molecule has 6 nitrogen and oxygen atoms in total. The van der Waals surface area contributed by atoms with Gasteiger partial charge in [0.1, 0.15) is 5.75 Å². The third-order valence-corrected chi connectivity index (χ3v) is 3.91. The van der Waals surface area contributed by atoms with Gasteiger partial charge in [0, 0.05) is 10.6 Å². The fourth-order valence-corrected chi connectivity index (χ4v) is 2.42. The number of nitrogens with one attached hydrogen (secondary N) is 1. The molecular weight excluding hydrogens is 354 g/mol. The van der Waals surface area contributed by atoms with Crippen molar-refractivity contribution in [3.63, 3.8) is 0 Å². The van der Waals surface area contributed by atoms with Crippen LogP contribution in [0.15, 0.2) is 53.1 Å². The first kappa shape index (κ1) is 17.9. The summed E-state index contributed by atoms with van der Waals surface area (Å²) in [5, 5.41) is 7.26. The number of carbonyl (C=O) groups is 1. The number of benzene rings is 2. The quantitative estimate of drug-likeness (QED) is 0.713. The first-order valence-electron chi connectivity index (χ1n) is 8.11. The SMILES string of the molecule is Cc1cccc(OC(C)C(=O)NCc2nc(-c3ccc(Cl)cc3)no2)c1. The van der Waals surface area contributed by atoms with Gasteiger partial charge in [-0.25, -0.2) is 0 Å². The molecule has 3 aromatic rings. The molecule has 0 fully saturated rings. The van der Waals surface area contributed by atoms with E-state index in [2.05, 4.69) is 15.5 Å². The summed E-state index contributed by atoms with van der Waals surface area (Å²) in [6.07, 6.45) is -0.643. The molecule has 0 aliphatic rings. The van der Waals surface area contributed by atoms with Gasteiger partial charge in [-0.05, 0) is 55.8 Å². The lowest BCUT2D eigenvalue weighted by atomic mass is 10.2. The minimum atomic E-state index is -0.643. The molecule has 0 aliphatic heterocycles. The van der Waals surface area contributed by atoms with Crippen molar-refractivity contribution < 1.29 is 14.1 Å². The van der Waals surface area contributed by atoms with Crippen LogP contribution in [-0.4, -0.2) is 22.2 Å². The second-order valence-electron chi connectivity index (χ2n) is 5.81. The minimum absolute atomic E-state index is 0.126. The molecule has 0 radical (unpaired) electrons. The summed E-state index contributed by atoms with van der Waals surface area (Å²) in [6.45, 7) is 3.77. The third-order valence-electron chi connectivity index (χ3n) is 3.66. The predicted octanol–water partition coefficient (Wildman–Crippen LogP) is 3.78. The molecule has 0 spiro atoms. The highest BCUT2D eigenvalue weighted by molar-refractivity contribution is 6.30. The molecular formula is C19H18ClN3O3. The third kappa shape index (κ3) is 4.61. The van der Waals surface area contributed by atoms with E-state index >= 15 is 0 Å². The number of aromatic nitrogens is 2. The Balaban J connectivity index is 1.55. The number of halogens is 1. The molecule has 134 valence electrons. The summed E-state index contributed by atoms with van der Waals surface area (Å²) < 4.78 is 10.8. The van der Waals surface area contributed by atoms with Crippen molar-refractivity contribution in [2.24, 2.45) is 0 Å². The van der Waals surface area contributed by atoms with Gasteiger partial charge in [0.2, 0.25) is 11.7 Å². The standard InChI is InChI=1S/C19H18ClN3O3/c1-12-4-3-5-16(10-12)25-13(2)19(24)21-11-17-22-18(23-26-17)14-6-8-15(20)9-7-14/h3-10,13H,11H2,1-2H3,(H,21,24). The van der Waals surface area contributed by atoms with E-state index in [1.165, 1.54) is 0 Å². The summed E-state index contributed by atoms with van der Waals surface area (Å²) in [5.41, 5.74) is 1.85. The van der Waals surface area contributed by atoms with E-state index in [-0.39, 0.29) is 12.5 Å². The summed E-state index contributed by atoms with van der Waals surface area (Å²) in [4.78, 5) is 16.4. The summed E-state index contributed by atoms with van der Waals surface area (Å²) in [6, 6.07) is 14.6. The average Bonchev–Trinajstić information content (AvgIpc) is 3.09. The fraction of sp³-hybridized carbons (Fsp3) is 0.211. The van der Waals surface area contributed by atoms with Crippen molar-refractivity contribution in [3.8, 4) is 17.1 Å². The zero-order valence-corrected chi connectivity index (χ0v) is 15.2. The van der Waals surface area contributed by atoms with Gasteiger partial charge in [-0.1, -0.05) is 28.9 Å². The smallest absolute Gasteiger partial charge is 0.261 e. The molecule has 1 unspecified atom stereocenters. The summed E-state index contributed by atoms with van der Waals surface area (Å²) in [5.74, 6) is 1.13. The van der Waals surface area contributed by atoms with Crippen LogP contribution in [0, 0.1) is 6.92 Å². The van der Waals surface area contributed by atoms with Crippen LogP contribution >= 0.6 is 11.6 Å². The molecule has 0 saturated carbocycles. The van der Waals surface area contributed by atoms with Crippen molar-refractivity contribution >= 4 is 17.5 Å². The molecule has 0 bridgehead atoms. The monoisotopic (exact) mass is 371 g/mol. The number of carbonyl (C=O) groups excluding carboxylic acids is 1. The Bertz CT molecular complexity index is 893. The molecule has 26 heavy (non-hydrogen) atoms. The summed E-state index contributed by atoms with van der Waals surface area (Å²) >= 11 is 5.86. The van der Waals surface area contributed by atoms with Gasteiger partial charge >= 0.3 is 0 Å². The average molecular weight is 372 g/mol. The molecule has 1 amide bonds. The Hall–Kier alpha value is -2.86. The van der Waals surface area contributed by atoms with Crippen LogP contribution in [-0.2, 0) is 11.3 Å². The number of aryl methyl sites for hydroxylation is 1. The maximum Gasteiger partial charge on any atom is 0.261 e. The second kappa shape index (κ2) is 8.01. The lowest BCUT2D eigenvalue weighted by Crippen LogP contribution is -2.36. The molecule has 0 aliphatic carbocycles. The van der Waals surface area contributed by atoms with Gasteiger partial charge in [-0.15, -0.1) is 0 Å². The van der Waals surface area contributed by atoms with Crippen LogP contribution < -0.4 is 10.1 Å². The van der Waals surface area contributed by atoms with Crippen molar-refractivity contribution in [1.29, 1.82) is 0 Å². The van der Waals surface area contributed by atoms with Gasteiger partial charge in [0.25, 0.3) is 5.91 Å². The van der Waals surface area contributed by atoms with Crippen molar-refractivity contribution in [2.75, 3.05) is 0 Å². The number of nitrogens with zero attached hydrogens (tertiary/aromatic N) is 2. The Morgan fingerprint density at radius 1 is 1.27 bits per heavy atom. The minimum Gasteiger partial charge on any atom is -0.481 e. The molecule has 1 N–H and O–H groups in total. The van der Waals surface area contributed by atoms with Crippen LogP contribution in [0.4, 0.5) is 0 Å². The molecule has 0 saturated heterocycles. The van der Waals surface area contributed by atoms with Crippen LogP contribution in [0.3, 0.4) is 0 Å². The number of rotatable bonds is 6. The molecule has 7 heteroatoms. The number of ether oxygens (including phenoxy) is 1. The normalized spacial score (nSPS) is 11.8. The number of hydrogen-bond acceptors (Lipinski definition) is 5. The van der Waals surface area contributed by atoms with Gasteiger partial charge in [-0.3, -0.25) is 4.79 Å². The van der Waals surface area contributed by atoms with E-state index in [0.29, 0.717) is 22.5 Å². The molecule has 1 aromatic heterocycles. The Kier molecular flexibility index (Phi) is 5.53. The largest absolute Gasteiger partial charge is 0.481 e. The van der Waals surface area contributed by atoms with E-state index in [1.54, 1.807) is 31.2 Å². The highest BCUT2D eigenvalue weighted by Gasteiger charge is 2.16.